The van der Waals surface area contributed by atoms with Gasteiger partial charge in [-0.1, -0.05) is 0 Å². The second-order valence-corrected chi connectivity index (χ2v) is 7.99. The summed E-state index contributed by atoms with van der Waals surface area (Å²) in [5, 5.41) is 3.06. The van der Waals surface area contributed by atoms with Crippen molar-refractivity contribution in [3.63, 3.8) is 0 Å². The molecule has 1 aliphatic heterocycles. The highest BCUT2D eigenvalue weighted by Gasteiger charge is 2.25. The lowest BCUT2D eigenvalue weighted by molar-refractivity contribution is 0.321. The number of pyridine rings is 2. The van der Waals surface area contributed by atoms with Crippen molar-refractivity contribution < 1.29 is 0 Å². The second kappa shape index (κ2) is 7.66. The zero-order chi connectivity index (χ0) is 18.8. The Morgan fingerprint density at radius 3 is 2.82 bits per heavy atom. The number of rotatable bonds is 5. The van der Waals surface area contributed by atoms with Gasteiger partial charge in [-0.05, 0) is 60.8 Å². The van der Waals surface area contributed by atoms with E-state index in [4.69, 9.17) is 0 Å². The molecule has 0 aromatic carbocycles. The molecule has 1 fully saturated rings. The molecule has 5 nitrogen and oxygen atoms in total. The Bertz CT molecular complexity index is 1040. The van der Waals surface area contributed by atoms with Gasteiger partial charge in [0.05, 0.1) is 5.69 Å². The van der Waals surface area contributed by atoms with Crippen LogP contribution >= 0.6 is 11.3 Å². The van der Waals surface area contributed by atoms with Crippen LogP contribution in [0, 0.1) is 0 Å². The van der Waals surface area contributed by atoms with Gasteiger partial charge in [0, 0.05) is 60.7 Å². The molecule has 0 bridgehead atoms. The molecule has 1 saturated heterocycles. The van der Waals surface area contributed by atoms with Crippen LogP contribution in [0.1, 0.15) is 23.6 Å². The van der Waals surface area contributed by atoms with Crippen LogP contribution in [0.5, 0.6) is 0 Å². The number of nitrogens with zero attached hydrogens (tertiary/aromatic N) is 5. The highest BCUT2D eigenvalue weighted by molar-refractivity contribution is 7.12. The standard InChI is InChI=1S/C22H21N5S/c1-2-20(27(11-1)22-25-10-13-28-22)16-26-12-6-19(15-26)18-5-9-24-21(14-18)17-3-7-23-8-4-17/h1-5,7-11,13-14,19H,6,12,15-16H2/t19-/m0/s1. The third-order valence-electron chi connectivity index (χ3n) is 5.35. The van der Waals surface area contributed by atoms with Gasteiger partial charge in [0.2, 0.25) is 0 Å². The summed E-state index contributed by atoms with van der Waals surface area (Å²) in [5.41, 5.74) is 4.81. The zero-order valence-electron chi connectivity index (χ0n) is 15.5. The lowest BCUT2D eigenvalue weighted by Gasteiger charge is -2.17. The summed E-state index contributed by atoms with van der Waals surface area (Å²) in [6.45, 7) is 3.13. The van der Waals surface area contributed by atoms with Crippen molar-refractivity contribution in [2.75, 3.05) is 13.1 Å². The largest absolute Gasteiger partial charge is 0.297 e. The van der Waals surface area contributed by atoms with Crippen LogP contribution in [-0.2, 0) is 6.54 Å². The molecule has 5 rings (SSSR count). The molecule has 140 valence electrons. The molecule has 6 heteroatoms. The van der Waals surface area contributed by atoms with E-state index >= 15 is 0 Å². The van der Waals surface area contributed by atoms with Gasteiger partial charge in [-0.25, -0.2) is 4.98 Å². The minimum atomic E-state index is 0.548. The summed E-state index contributed by atoms with van der Waals surface area (Å²) in [5.74, 6) is 0.548. The van der Waals surface area contributed by atoms with E-state index in [9.17, 15) is 0 Å². The molecule has 0 saturated carbocycles. The molecular formula is C22H21N5S. The Kier molecular flexibility index (Phi) is 4.72. The zero-order valence-corrected chi connectivity index (χ0v) is 16.3. The summed E-state index contributed by atoms with van der Waals surface area (Å²) in [6.07, 6.45) is 10.7. The van der Waals surface area contributed by atoms with E-state index in [1.807, 2.05) is 42.3 Å². The predicted octanol–water partition coefficient (Wildman–Crippen LogP) is 4.38. The van der Waals surface area contributed by atoms with Crippen molar-refractivity contribution in [2.45, 2.75) is 18.9 Å². The quantitative estimate of drug-likeness (QED) is 0.510. The van der Waals surface area contributed by atoms with Crippen molar-refractivity contribution in [1.82, 2.24) is 24.4 Å². The summed E-state index contributed by atoms with van der Waals surface area (Å²) >= 11 is 1.67. The van der Waals surface area contributed by atoms with Gasteiger partial charge >= 0.3 is 0 Å². The first kappa shape index (κ1) is 17.3. The highest BCUT2D eigenvalue weighted by atomic mass is 32.1. The third-order valence-corrected chi connectivity index (χ3v) is 6.12. The minimum absolute atomic E-state index is 0.548. The maximum absolute atomic E-state index is 4.55. The maximum atomic E-state index is 4.55. The van der Waals surface area contributed by atoms with Crippen molar-refractivity contribution in [2.24, 2.45) is 0 Å². The summed E-state index contributed by atoms with van der Waals surface area (Å²) in [4.78, 5) is 15.6. The normalized spacial score (nSPS) is 17.2. The molecule has 4 aromatic heterocycles. The Morgan fingerprint density at radius 2 is 1.96 bits per heavy atom. The molecule has 0 radical (unpaired) electrons. The van der Waals surface area contributed by atoms with E-state index in [2.05, 4.69) is 54.9 Å². The van der Waals surface area contributed by atoms with Crippen LogP contribution in [0.3, 0.4) is 0 Å². The third kappa shape index (κ3) is 3.48. The predicted molar refractivity (Wildman–Crippen MR) is 112 cm³/mol. The van der Waals surface area contributed by atoms with Crippen LogP contribution in [0.25, 0.3) is 16.4 Å². The fourth-order valence-electron chi connectivity index (χ4n) is 3.93. The number of hydrogen-bond donors (Lipinski definition) is 0. The van der Waals surface area contributed by atoms with Crippen molar-refractivity contribution in [1.29, 1.82) is 0 Å². The van der Waals surface area contributed by atoms with Crippen molar-refractivity contribution in [3.05, 3.63) is 84.0 Å². The van der Waals surface area contributed by atoms with Gasteiger partial charge in [-0.15, -0.1) is 11.3 Å². The molecule has 5 heterocycles. The van der Waals surface area contributed by atoms with E-state index in [1.165, 1.54) is 17.7 Å². The Labute approximate surface area is 168 Å². The van der Waals surface area contributed by atoms with E-state index in [0.717, 1.165) is 36.0 Å². The SMILES string of the molecule is c1cc(CN2CC[C@H](c3ccnc(-c4ccncc4)c3)C2)n(-c2nccs2)c1. The van der Waals surface area contributed by atoms with Crippen LogP contribution in [-0.4, -0.2) is 37.5 Å². The summed E-state index contributed by atoms with van der Waals surface area (Å²) in [6, 6.07) is 12.7. The first-order valence-electron chi connectivity index (χ1n) is 9.51. The summed E-state index contributed by atoms with van der Waals surface area (Å²) in [7, 11) is 0. The number of hydrogen-bond acceptors (Lipinski definition) is 5. The molecule has 0 aliphatic carbocycles. The Balaban J connectivity index is 1.30. The van der Waals surface area contributed by atoms with Crippen molar-refractivity contribution in [3.8, 4) is 16.4 Å². The molecule has 1 aliphatic rings. The molecule has 0 amide bonds. The molecular weight excluding hydrogens is 366 g/mol. The molecule has 1 atom stereocenters. The fraction of sp³-hybridized carbons (Fsp3) is 0.227. The van der Waals surface area contributed by atoms with Gasteiger partial charge in [0.25, 0.3) is 0 Å². The smallest absolute Gasteiger partial charge is 0.193 e. The topological polar surface area (TPSA) is 46.8 Å². The molecule has 0 N–H and O–H groups in total. The van der Waals surface area contributed by atoms with Crippen LogP contribution in [0.2, 0.25) is 0 Å². The minimum Gasteiger partial charge on any atom is -0.297 e. The van der Waals surface area contributed by atoms with Crippen LogP contribution in [0.4, 0.5) is 0 Å². The maximum Gasteiger partial charge on any atom is 0.193 e. The number of thiazole rings is 1. The average molecular weight is 388 g/mol. The van der Waals surface area contributed by atoms with Crippen molar-refractivity contribution >= 4 is 11.3 Å². The van der Waals surface area contributed by atoms with Crippen LogP contribution in [0.15, 0.2) is 72.8 Å². The van der Waals surface area contributed by atoms with E-state index in [0.29, 0.717) is 5.92 Å². The fourth-order valence-corrected chi connectivity index (χ4v) is 4.58. The molecule has 28 heavy (non-hydrogen) atoms. The van der Waals surface area contributed by atoms with E-state index < -0.39 is 0 Å². The molecule has 0 spiro atoms. The monoisotopic (exact) mass is 387 g/mol. The lowest BCUT2D eigenvalue weighted by Crippen LogP contribution is -2.21. The van der Waals surface area contributed by atoms with Gasteiger partial charge in [-0.3, -0.25) is 19.4 Å². The Morgan fingerprint density at radius 1 is 1.04 bits per heavy atom. The van der Waals surface area contributed by atoms with Crippen LogP contribution < -0.4 is 0 Å². The summed E-state index contributed by atoms with van der Waals surface area (Å²) < 4.78 is 2.20. The molecule has 0 unspecified atom stereocenters. The van der Waals surface area contributed by atoms with Gasteiger partial charge in [-0.2, -0.15) is 0 Å². The van der Waals surface area contributed by atoms with Gasteiger partial charge in [0.1, 0.15) is 0 Å². The first-order chi connectivity index (χ1) is 13.9. The average Bonchev–Trinajstić information content (AvgIpc) is 3.51. The van der Waals surface area contributed by atoms with E-state index in [1.54, 1.807) is 11.3 Å². The number of aromatic nitrogens is 4. The second-order valence-electron chi connectivity index (χ2n) is 7.12. The Hall–Kier alpha value is -2.83. The highest BCUT2D eigenvalue weighted by Crippen LogP contribution is 2.30. The van der Waals surface area contributed by atoms with Gasteiger partial charge in [0.15, 0.2) is 5.13 Å². The van der Waals surface area contributed by atoms with E-state index in [-0.39, 0.29) is 0 Å². The first-order valence-corrected chi connectivity index (χ1v) is 10.4. The molecule has 4 aromatic rings. The number of likely N-dealkylation sites (tertiary alicyclic amines) is 1. The lowest BCUT2D eigenvalue weighted by atomic mass is 9.98. The van der Waals surface area contributed by atoms with Gasteiger partial charge < -0.3 is 0 Å².